The molecule has 2 atom stereocenters. The van der Waals surface area contributed by atoms with Gasteiger partial charge in [-0.3, -0.25) is 14.5 Å². The van der Waals surface area contributed by atoms with Gasteiger partial charge in [-0.1, -0.05) is 57.5 Å². The Kier molecular flexibility index (Phi) is 6.61. The first kappa shape index (κ1) is 22.0. The number of carbonyl (C=O) groups is 3. The fourth-order valence-corrected chi connectivity index (χ4v) is 4.68. The van der Waals surface area contributed by atoms with Gasteiger partial charge in [-0.15, -0.1) is 11.3 Å². The lowest BCUT2D eigenvalue weighted by atomic mass is 9.91. The van der Waals surface area contributed by atoms with Crippen LogP contribution >= 0.6 is 11.3 Å². The molecule has 3 rings (SSSR count). The highest BCUT2D eigenvalue weighted by atomic mass is 32.1. The van der Waals surface area contributed by atoms with Crippen molar-refractivity contribution in [1.29, 1.82) is 0 Å². The van der Waals surface area contributed by atoms with E-state index >= 15 is 0 Å². The van der Waals surface area contributed by atoms with Gasteiger partial charge in [0.15, 0.2) is 0 Å². The van der Waals surface area contributed by atoms with Gasteiger partial charge >= 0.3 is 6.03 Å². The molecule has 1 aliphatic rings. The van der Waals surface area contributed by atoms with Gasteiger partial charge in [-0.25, -0.2) is 4.79 Å². The first-order valence-electron chi connectivity index (χ1n) is 10.3. The van der Waals surface area contributed by atoms with E-state index in [9.17, 15) is 14.4 Å². The summed E-state index contributed by atoms with van der Waals surface area (Å²) in [6.45, 7) is 7.54. The third kappa shape index (κ3) is 4.41. The zero-order valence-electron chi connectivity index (χ0n) is 17.9. The maximum absolute atomic E-state index is 13.1. The summed E-state index contributed by atoms with van der Waals surface area (Å²) in [5, 5.41) is 7.70. The molecule has 0 aliphatic carbocycles. The first-order chi connectivity index (χ1) is 14.3. The standard InChI is InChI=1S/C23H29N3O3S/c1-5-7-16-9-11-17(12-10-16)23(4)21(28)26(22(29)25-23)14-19(27)24-20(15(2)3)18-8-6-13-30-18/h6,8-13,15,20H,5,7,14H2,1-4H3,(H,24,27)(H,25,29)/t20-,23+/m0/s1. The van der Waals surface area contributed by atoms with Crippen LogP contribution in [0.3, 0.4) is 0 Å². The van der Waals surface area contributed by atoms with Crippen LogP contribution < -0.4 is 10.6 Å². The lowest BCUT2D eigenvalue weighted by molar-refractivity contribution is -0.135. The number of aryl methyl sites for hydroxylation is 1. The number of hydrogen-bond acceptors (Lipinski definition) is 4. The van der Waals surface area contributed by atoms with E-state index in [1.165, 1.54) is 5.56 Å². The number of rotatable bonds is 8. The summed E-state index contributed by atoms with van der Waals surface area (Å²) in [7, 11) is 0. The van der Waals surface area contributed by atoms with Crippen LogP contribution in [0.15, 0.2) is 41.8 Å². The zero-order valence-corrected chi connectivity index (χ0v) is 18.7. The number of nitrogens with one attached hydrogen (secondary N) is 2. The van der Waals surface area contributed by atoms with Gasteiger partial charge in [-0.2, -0.15) is 0 Å². The number of amides is 4. The Morgan fingerprint density at radius 2 is 1.90 bits per heavy atom. The van der Waals surface area contributed by atoms with Gasteiger partial charge in [0.1, 0.15) is 12.1 Å². The summed E-state index contributed by atoms with van der Waals surface area (Å²) < 4.78 is 0. The molecule has 2 aromatic rings. The lowest BCUT2D eigenvalue weighted by Crippen LogP contribution is -2.44. The van der Waals surface area contributed by atoms with E-state index in [1.54, 1.807) is 18.3 Å². The smallest absolute Gasteiger partial charge is 0.325 e. The predicted molar refractivity (Wildman–Crippen MR) is 118 cm³/mol. The monoisotopic (exact) mass is 427 g/mol. The maximum Gasteiger partial charge on any atom is 0.325 e. The molecule has 7 heteroatoms. The van der Waals surface area contributed by atoms with E-state index in [-0.39, 0.29) is 24.4 Å². The normalized spacial score (nSPS) is 19.8. The molecular weight excluding hydrogens is 398 g/mol. The summed E-state index contributed by atoms with van der Waals surface area (Å²) in [6, 6.07) is 10.9. The van der Waals surface area contributed by atoms with Crippen molar-refractivity contribution < 1.29 is 14.4 Å². The van der Waals surface area contributed by atoms with Gasteiger partial charge in [0.2, 0.25) is 5.91 Å². The topological polar surface area (TPSA) is 78.5 Å². The van der Waals surface area contributed by atoms with Gasteiger partial charge in [0.05, 0.1) is 6.04 Å². The molecule has 4 amide bonds. The van der Waals surface area contributed by atoms with Gasteiger partial charge < -0.3 is 10.6 Å². The summed E-state index contributed by atoms with van der Waals surface area (Å²) in [6.07, 6.45) is 2.00. The fraction of sp³-hybridized carbons (Fsp3) is 0.435. The number of urea groups is 1. The Morgan fingerprint density at radius 1 is 1.20 bits per heavy atom. The molecule has 30 heavy (non-hydrogen) atoms. The number of benzene rings is 1. The minimum atomic E-state index is -1.17. The van der Waals surface area contributed by atoms with Crippen molar-refractivity contribution in [3.05, 3.63) is 57.8 Å². The second-order valence-electron chi connectivity index (χ2n) is 8.20. The summed E-state index contributed by atoms with van der Waals surface area (Å²) in [4.78, 5) is 40.4. The van der Waals surface area contributed by atoms with Crippen LogP contribution in [0.5, 0.6) is 0 Å². The summed E-state index contributed by atoms with van der Waals surface area (Å²) >= 11 is 1.57. The van der Waals surface area contributed by atoms with E-state index in [0.717, 1.165) is 22.6 Å². The van der Waals surface area contributed by atoms with Crippen LogP contribution in [0.4, 0.5) is 4.79 Å². The molecule has 0 saturated carbocycles. The van der Waals surface area contributed by atoms with E-state index in [1.807, 2.05) is 55.6 Å². The number of thiophene rings is 1. The SMILES string of the molecule is CCCc1ccc([C@@]2(C)NC(=O)N(CC(=O)N[C@H](c3cccs3)C(C)C)C2=O)cc1. The number of carbonyl (C=O) groups excluding carboxylic acids is 3. The molecule has 1 fully saturated rings. The summed E-state index contributed by atoms with van der Waals surface area (Å²) in [5.41, 5.74) is 0.723. The Labute approximate surface area is 181 Å². The van der Waals surface area contributed by atoms with Crippen LogP contribution in [0.2, 0.25) is 0 Å². The molecule has 1 aromatic carbocycles. The Morgan fingerprint density at radius 3 is 2.47 bits per heavy atom. The first-order valence-corrected chi connectivity index (χ1v) is 11.2. The van der Waals surface area contributed by atoms with Crippen molar-refractivity contribution in [2.75, 3.05) is 6.54 Å². The molecule has 1 saturated heterocycles. The van der Waals surface area contributed by atoms with Crippen LogP contribution in [-0.2, 0) is 21.5 Å². The molecule has 0 spiro atoms. The molecule has 1 aromatic heterocycles. The number of imide groups is 1. The molecule has 0 bridgehead atoms. The van der Waals surface area contributed by atoms with Gasteiger partial charge in [-0.05, 0) is 41.8 Å². The van der Waals surface area contributed by atoms with Crippen LogP contribution in [0.25, 0.3) is 0 Å². The van der Waals surface area contributed by atoms with Crippen LogP contribution in [0, 0.1) is 5.92 Å². The van der Waals surface area contributed by atoms with Crippen molar-refractivity contribution >= 4 is 29.2 Å². The largest absolute Gasteiger partial charge is 0.347 e. The molecule has 2 heterocycles. The second kappa shape index (κ2) is 9.00. The summed E-state index contributed by atoms with van der Waals surface area (Å²) in [5.74, 6) is -0.584. The Balaban J connectivity index is 1.72. The van der Waals surface area contributed by atoms with Crippen molar-refractivity contribution in [2.24, 2.45) is 5.92 Å². The van der Waals surface area contributed by atoms with Crippen molar-refractivity contribution in [2.45, 2.75) is 52.1 Å². The zero-order chi connectivity index (χ0) is 21.9. The lowest BCUT2D eigenvalue weighted by Gasteiger charge is -2.24. The molecular formula is C23H29N3O3S. The van der Waals surface area contributed by atoms with E-state index < -0.39 is 17.5 Å². The molecule has 0 radical (unpaired) electrons. The third-order valence-electron chi connectivity index (χ3n) is 5.48. The molecule has 6 nitrogen and oxygen atoms in total. The quantitative estimate of drug-likeness (QED) is 0.626. The third-order valence-corrected chi connectivity index (χ3v) is 6.43. The molecule has 160 valence electrons. The van der Waals surface area contributed by atoms with Gasteiger partial charge in [0, 0.05) is 4.88 Å². The van der Waals surface area contributed by atoms with Crippen molar-refractivity contribution in [1.82, 2.24) is 15.5 Å². The minimum absolute atomic E-state index is 0.157. The van der Waals surface area contributed by atoms with E-state index in [4.69, 9.17) is 0 Å². The highest BCUT2D eigenvalue weighted by Gasteiger charge is 2.49. The fourth-order valence-electron chi connectivity index (χ4n) is 3.73. The molecule has 1 aliphatic heterocycles. The van der Waals surface area contributed by atoms with Crippen LogP contribution in [0.1, 0.15) is 56.2 Å². The predicted octanol–water partition coefficient (Wildman–Crippen LogP) is 3.98. The van der Waals surface area contributed by atoms with Crippen molar-refractivity contribution in [3.8, 4) is 0 Å². The average molecular weight is 428 g/mol. The second-order valence-corrected chi connectivity index (χ2v) is 9.18. The number of hydrogen-bond donors (Lipinski definition) is 2. The van der Waals surface area contributed by atoms with Crippen molar-refractivity contribution in [3.63, 3.8) is 0 Å². The highest BCUT2D eigenvalue weighted by molar-refractivity contribution is 7.10. The van der Waals surface area contributed by atoms with E-state index in [0.29, 0.717) is 5.56 Å². The molecule has 0 unspecified atom stereocenters. The van der Waals surface area contributed by atoms with Gasteiger partial charge in [0.25, 0.3) is 5.91 Å². The Hall–Kier alpha value is -2.67. The maximum atomic E-state index is 13.1. The number of nitrogens with zero attached hydrogens (tertiary/aromatic N) is 1. The molecule has 2 N–H and O–H groups in total. The minimum Gasteiger partial charge on any atom is -0.347 e. The van der Waals surface area contributed by atoms with E-state index in [2.05, 4.69) is 17.6 Å². The Bertz CT molecular complexity index is 908. The highest BCUT2D eigenvalue weighted by Crippen LogP contribution is 2.30. The van der Waals surface area contributed by atoms with Crippen LogP contribution in [-0.4, -0.2) is 29.3 Å². The average Bonchev–Trinajstić information content (AvgIpc) is 3.30.